The summed E-state index contributed by atoms with van der Waals surface area (Å²) >= 11 is 3.01. The first-order chi connectivity index (χ1) is 10.8. The molecule has 2 aromatic rings. The number of hydrogen-bond donors (Lipinski definition) is 1. The number of rotatable bonds is 5. The summed E-state index contributed by atoms with van der Waals surface area (Å²) in [6, 6.07) is 7.33. The summed E-state index contributed by atoms with van der Waals surface area (Å²) < 4.78 is 48.6. The summed E-state index contributed by atoms with van der Waals surface area (Å²) in [5.74, 6) is 0.954. The van der Waals surface area contributed by atoms with E-state index in [2.05, 4.69) is 20.9 Å². The summed E-state index contributed by atoms with van der Waals surface area (Å²) in [6.45, 7) is 1.61. The van der Waals surface area contributed by atoms with Gasteiger partial charge in [0.05, 0.1) is 16.6 Å². The van der Waals surface area contributed by atoms with Crippen LogP contribution in [0.2, 0.25) is 0 Å². The molecule has 8 heteroatoms. The van der Waals surface area contributed by atoms with Crippen LogP contribution in [0.3, 0.4) is 0 Å². The molecule has 0 radical (unpaired) electrons. The second-order valence-electron chi connectivity index (χ2n) is 4.69. The van der Waals surface area contributed by atoms with Gasteiger partial charge in [0.25, 0.3) is 0 Å². The van der Waals surface area contributed by atoms with Gasteiger partial charge in [-0.3, -0.25) is 0 Å². The van der Waals surface area contributed by atoms with Crippen molar-refractivity contribution >= 4 is 15.9 Å². The number of benzene rings is 1. The number of ether oxygens (including phenoxy) is 2. The van der Waals surface area contributed by atoms with Crippen LogP contribution in [-0.4, -0.2) is 22.8 Å². The number of alkyl halides is 3. The van der Waals surface area contributed by atoms with Crippen molar-refractivity contribution in [3.63, 3.8) is 0 Å². The highest BCUT2D eigenvalue weighted by molar-refractivity contribution is 9.10. The van der Waals surface area contributed by atoms with Gasteiger partial charge in [-0.2, -0.15) is 13.2 Å². The van der Waals surface area contributed by atoms with Gasteiger partial charge in [0.1, 0.15) is 17.6 Å². The zero-order valence-electron chi connectivity index (χ0n) is 12.0. The van der Waals surface area contributed by atoms with Gasteiger partial charge in [0.2, 0.25) is 5.88 Å². The highest BCUT2D eigenvalue weighted by Crippen LogP contribution is 2.35. The number of aliphatic hydroxyl groups excluding tert-OH is 1. The van der Waals surface area contributed by atoms with Gasteiger partial charge in [0.15, 0.2) is 0 Å². The van der Waals surface area contributed by atoms with Crippen molar-refractivity contribution in [2.24, 2.45) is 0 Å². The first-order valence-corrected chi connectivity index (χ1v) is 7.37. The Morgan fingerprint density at radius 3 is 2.35 bits per heavy atom. The Morgan fingerprint density at radius 2 is 1.83 bits per heavy atom. The maximum atomic E-state index is 12.6. The minimum atomic E-state index is -4.46. The Labute approximate surface area is 139 Å². The lowest BCUT2D eigenvalue weighted by molar-refractivity contribution is -0.137. The molecular weight excluding hydrogens is 379 g/mol. The van der Waals surface area contributed by atoms with E-state index in [-0.39, 0.29) is 23.1 Å². The molecule has 1 aromatic carbocycles. The summed E-state index contributed by atoms with van der Waals surface area (Å²) in [5.41, 5.74) is -0.863. The molecule has 4 nitrogen and oxygen atoms in total. The molecule has 0 aliphatic heterocycles. The molecule has 0 aliphatic rings. The first-order valence-electron chi connectivity index (χ1n) is 6.58. The van der Waals surface area contributed by atoms with E-state index in [1.54, 1.807) is 31.2 Å². The highest BCUT2D eigenvalue weighted by Gasteiger charge is 2.31. The second-order valence-corrected chi connectivity index (χ2v) is 5.55. The Kier molecular flexibility index (Phi) is 5.48. The van der Waals surface area contributed by atoms with Crippen molar-refractivity contribution in [3.8, 4) is 17.4 Å². The topological polar surface area (TPSA) is 51.6 Å². The Hall–Kier alpha value is -1.80. The Morgan fingerprint density at radius 1 is 1.22 bits per heavy atom. The molecule has 1 unspecified atom stereocenters. The van der Waals surface area contributed by atoms with Crippen LogP contribution < -0.4 is 9.47 Å². The second kappa shape index (κ2) is 7.18. The van der Waals surface area contributed by atoms with E-state index in [4.69, 9.17) is 14.6 Å². The number of aliphatic hydroxyl groups is 1. The van der Waals surface area contributed by atoms with Gasteiger partial charge in [-0.1, -0.05) is 0 Å². The number of nitrogens with zero attached hydrogens (tertiary/aromatic N) is 1. The fraction of sp³-hybridized carbons (Fsp3) is 0.267. The van der Waals surface area contributed by atoms with Crippen molar-refractivity contribution in [1.29, 1.82) is 0 Å². The van der Waals surface area contributed by atoms with Gasteiger partial charge in [-0.15, -0.1) is 0 Å². The number of pyridine rings is 1. The van der Waals surface area contributed by atoms with Crippen LogP contribution in [0, 0.1) is 0 Å². The lowest BCUT2D eigenvalue weighted by Crippen LogP contribution is -2.15. The van der Waals surface area contributed by atoms with E-state index >= 15 is 0 Å². The predicted molar refractivity (Wildman–Crippen MR) is 80.6 cm³/mol. The molecule has 0 aliphatic carbocycles. The monoisotopic (exact) mass is 391 g/mol. The van der Waals surface area contributed by atoms with Crippen LogP contribution in [0.4, 0.5) is 13.2 Å². The molecule has 0 bridgehead atoms. The van der Waals surface area contributed by atoms with E-state index in [1.165, 1.54) is 0 Å². The fourth-order valence-corrected chi connectivity index (χ4v) is 2.05. The van der Waals surface area contributed by atoms with E-state index < -0.39 is 11.7 Å². The van der Waals surface area contributed by atoms with Crippen molar-refractivity contribution < 1.29 is 27.8 Å². The van der Waals surface area contributed by atoms with Gasteiger partial charge in [-0.05, 0) is 53.2 Å². The van der Waals surface area contributed by atoms with E-state index in [1.807, 2.05) is 0 Å². The molecule has 0 spiro atoms. The van der Waals surface area contributed by atoms with Crippen molar-refractivity contribution in [1.82, 2.24) is 4.98 Å². The normalized spacial score (nSPS) is 12.8. The fourth-order valence-electron chi connectivity index (χ4n) is 1.62. The van der Waals surface area contributed by atoms with Crippen molar-refractivity contribution in [2.45, 2.75) is 19.2 Å². The average molecular weight is 392 g/mol. The molecular formula is C15H13BrF3NO3. The molecule has 0 saturated heterocycles. The number of aromatic nitrogens is 1. The quantitative estimate of drug-likeness (QED) is 0.819. The minimum absolute atomic E-state index is 0.0235. The summed E-state index contributed by atoms with van der Waals surface area (Å²) in [5, 5.41) is 8.91. The largest absolute Gasteiger partial charge is 0.488 e. The van der Waals surface area contributed by atoms with Crippen LogP contribution in [-0.2, 0) is 6.18 Å². The van der Waals surface area contributed by atoms with Crippen LogP contribution in [0.15, 0.2) is 41.0 Å². The van der Waals surface area contributed by atoms with Crippen molar-refractivity contribution in [2.75, 3.05) is 6.61 Å². The third kappa shape index (κ3) is 4.84. The SMILES string of the molecule is CC(CO)Oc1ccc(Oc2ncc(C(F)(F)F)cc2Br)cc1. The van der Waals surface area contributed by atoms with E-state index in [9.17, 15) is 13.2 Å². The molecule has 1 heterocycles. The average Bonchev–Trinajstić information content (AvgIpc) is 2.50. The van der Waals surface area contributed by atoms with Crippen LogP contribution >= 0.6 is 15.9 Å². The van der Waals surface area contributed by atoms with E-state index in [0.717, 1.165) is 6.07 Å². The van der Waals surface area contributed by atoms with Crippen molar-refractivity contribution in [3.05, 3.63) is 46.6 Å². The van der Waals surface area contributed by atoms with Gasteiger partial charge in [0, 0.05) is 6.20 Å². The Balaban J connectivity index is 2.10. The zero-order chi connectivity index (χ0) is 17.0. The number of hydrogen-bond acceptors (Lipinski definition) is 4. The third-order valence-corrected chi connectivity index (χ3v) is 3.34. The maximum Gasteiger partial charge on any atom is 0.417 e. The molecule has 23 heavy (non-hydrogen) atoms. The van der Waals surface area contributed by atoms with E-state index in [0.29, 0.717) is 17.7 Å². The predicted octanol–water partition coefficient (Wildman–Crippen LogP) is 4.41. The molecule has 0 fully saturated rings. The molecule has 0 amide bonds. The van der Waals surface area contributed by atoms with Crippen LogP contribution in [0.1, 0.15) is 12.5 Å². The highest BCUT2D eigenvalue weighted by atomic mass is 79.9. The first kappa shape index (κ1) is 17.6. The minimum Gasteiger partial charge on any atom is -0.488 e. The van der Waals surface area contributed by atoms with Crippen LogP contribution in [0.5, 0.6) is 17.4 Å². The smallest absolute Gasteiger partial charge is 0.417 e. The van der Waals surface area contributed by atoms with Gasteiger partial charge < -0.3 is 14.6 Å². The zero-order valence-corrected chi connectivity index (χ0v) is 13.6. The van der Waals surface area contributed by atoms with Crippen LogP contribution in [0.25, 0.3) is 0 Å². The molecule has 124 valence electrons. The summed E-state index contributed by atoms with van der Waals surface area (Å²) in [6.07, 6.45) is -4.09. The lowest BCUT2D eigenvalue weighted by Gasteiger charge is -2.13. The molecule has 0 saturated carbocycles. The standard InChI is InChI=1S/C15H13BrF3NO3/c1-9(8-21)22-11-2-4-12(5-3-11)23-14-13(16)6-10(7-20-14)15(17,18)19/h2-7,9,21H,8H2,1H3. The molecule has 1 N–H and O–H groups in total. The van der Waals surface area contributed by atoms with Gasteiger partial charge >= 0.3 is 6.18 Å². The lowest BCUT2D eigenvalue weighted by atomic mass is 10.3. The summed E-state index contributed by atoms with van der Waals surface area (Å²) in [4.78, 5) is 3.67. The summed E-state index contributed by atoms with van der Waals surface area (Å²) in [7, 11) is 0. The third-order valence-electron chi connectivity index (χ3n) is 2.77. The van der Waals surface area contributed by atoms with Gasteiger partial charge in [-0.25, -0.2) is 4.98 Å². The number of halogens is 4. The molecule has 1 atom stereocenters. The molecule has 1 aromatic heterocycles. The maximum absolute atomic E-state index is 12.6. The molecule has 2 rings (SSSR count). The Bertz CT molecular complexity index is 662.